The Morgan fingerprint density at radius 2 is 1.29 bits per heavy atom. The van der Waals surface area contributed by atoms with Crippen molar-refractivity contribution in [3.63, 3.8) is 0 Å². The fraction of sp³-hybridized carbons (Fsp3) is 1.00. The number of hydrogen-bond donors (Lipinski definition) is 1. The van der Waals surface area contributed by atoms with Crippen LogP contribution in [0.2, 0.25) is 0 Å². The molecular formula is C6H10ClF6N. The Hall–Kier alpha value is -0.170. The van der Waals surface area contributed by atoms with Crippen LogP contribution < -0.4 is 5.73 Å². The van der Waals surface area contributed by atoms with Crippen molar-refractivity contribution in [2.24, 2.45) is 5.73 Å². The maximum Gasteiger partial charge on any atom is 0.406 e. The highest BCUT2D eigenvalue weighted by molar-refractivity contribution is 5.85. The lowest BCUT2D eigenvalue weighted by Gasteiger charge is -2.27. The maximum absolute atomic E-state index is 11.9. The summed E-state index contributed by atoms with van der Waals surface area (Å²) in [7, 11) is 0. The summed E-state index contributed by atoms with van der Waals surface area (Å²) < 4.78 is 70.4. The molecule has 2 N–H and O–H groups in total. The maximum atomic E-state index is 11.9. The molecule has 0 aromatic carbocycles. The van der Waals surface area contributed by atoms with Crippen LogP contribution in [0.5, 0.6) is 0 Å². The first kappa shape index (κ1) is 16.3. The number of nitrogens with two attached hydrogens (primary N) is 1. The van der Waals surface area contributed by atoms with E-state index in [1.54, 1.807) is 0 Å². The predicted octanol–water partition coefficient (Wildman–Crippen LogP) is 3.03. The van der Waals surface area contributed by atoms with Crippen LogP contribution in [0.4, 0.5) is 26.3 Å². The molecule has 14 heavy (non-hydrogen) atoms. The van der Waals surface area contributed by atoms with Gasteiger partial charge in [0.05, 0.1) is 0 Å². The molecule has 0 spiro atoms. The van der Waals surface area contributed by atoms with E-state index in [2.05, 4.69) is 5.73 Å². The molecule has 0 heterocycles. The molecule has 0 saturated heterocycles. The van der Waals surface area contributed by atoms with E-state index in [1.807, 2.05) is 0 Å². The molecule has 0 aliphatic heterocycles. The van der Waals surface area contributed by atoms with E-state index in [1.165, 1.54) is 0 Å². The molecule has 0 aliphatic carbocycles. The lowest BCUT2D eigenvalue weighted by molar-refractivity contribution is -0.194. The Morgan fingerprint density at radius 1 is 0.929 bits per heavy atom. The third-order valence-corrected chi connectivity index (χ3v) is 1.58. The third-order valence-electron chi connectivity index (χ3n) is 1.58. The van der Waals surface area contributed by atoms with Crippen LogP contribution in [-0.2, 0) is 0 Å². The Bertz CT molecular complexity index is 172. The summed E-state index contributed by atoms with van der Waals surface area (Å²) in [6.07, 6.45) is -12.1. The SMILES string of the molecule is CC(N)(CCC(F)(F)F)C(F)(F)F.Cl. The molecule has 1 atom stereocenters. The van der Waals surface area contributed by atoms with Gasteiger partial charge >= 0.3 is 12.4 Å². The monoisotopic (exact) mass is 245 g/mol. The van der Waals surface area contributed by atoms with Gasteiger partial charge in [0.15, 0.2) is 0 Å². The van der Waals surface area contributed by atoms with Gasteiger partial charge < -0.3 is 5.73 Å². The minimum Gasteiger partial charge on any atom is -0.318 e. The molecular weight excluding hydrogens is 236 g/mol. The average Bonchev–Trinajstić information content (AvgIpc) is 1.79. The van der Waals surface area contributed by atoms with Gasteiger partial charge in [-0.15, -0.1) is 12.4 Å². The number of hydrogen-bond acceptors (Lipinski definition) is 1. The van der Waals surface area contributed by atoms with Crippen molar-refractivity contribution in [1.82, 2.24) is 0 Å². The van der Waals surface area contributed by atoms with Crippen LogP contribution in [0.15, 0.2) is 0 Å². The van der Waals surface area contributed by atoms with Gasteiger partial charge in [-0.1, -0.05) is 0 Å². The smallest absolute Gasteiger partial charge is 0.318 e. The van der Waals surface area contributed by atoms with Crippen molar-refractivity contribution in [1.29, 1.82) is 0 Å². The fourth-order valence-corrected chi connectivity index (χ4v) is 0.543. The van der Waals surface area contributed by atoms with Crippen molar-refractivity contribution >= 4 is 12.4 Å². The van der Waals surface area contributed by atoms with Crippen LogP contribution >= 0.6 is 12.4 Å². The van der Waals surface area contributed by atoms with Crippen molar-refractivity contribution in [2.45, 2.75) is 37.7 Å². The largest absolute Gasteiger partial charge is 0.406 e. The van der Waals surface area contributed by atoms with Gasteiger partial charge in [0, 0.05) is 6.42 Å². The number of rotatable bonds is 2. The summed E-state index contributed by atoms with van der Waals surface area (Å²) in [5.41, 5.74) is 1.90. The summed E-state index contributed by atoms with van der Waals surface area (Å²) in [6, 6.07) is 0. The molecule has 0 fully saturated rings. The standard InChI is InChI=1S/C6H9F6N.ClH/c1-4(13,6(10,11)12)2-3-5(7,8)9;/h2-3,13H2,1H3;1H. The van der Waals surface area contributed by atoms with Crippen LogP contribution in [0.1, 0.15) is 19.8 Å². The minimum absolute atomic E-state index is 0. The molecule has 0 aliphatic rings. The van der Waals surface area contributed by atoms with Gasteiger partial charge in [-0.25, -0.2) is 0 Å². The van der Waals surface area contributed by atoms with Crippen LogP contribution in [0.3, 0.4) is 0 Å². The summed E-state index contributed by atoms with van der Waals surface area (Å²) in [6.45, 7) is 0.540. The highest BCUT2D eigenvalue weighted by Gasteiger charge is 2.49. The Labute approximate surface area is 83.1 Å². The molecule has 0 aromatic rings. The van der Waals surface area contributed by atoms with Crippen LogP contribution in [-0.4, -0.2) is 17.9 Å². The van der Waals surface area contributed by atoms with E-state index in [-0.39, 0.29) is 12.4 Å². The Balaban J connectivity index is 0. The van der Waals surface area contributed by atoms with E-state index in [0.29, 0.717) is 6.92 Å². The Kier molecular flexibility index (Phi) is 5.31. The first-order valence-electron chi connectivity index (χ1n) is 3.38. The van der Waals surface area contributed by atoms with E-state index >= 15 is 0 Å². The average molecular weight is 246 g/mol. The second-order valence-corrected chi connectivity index (χ2v) is 3.03. The van der Waals surface area contributed by atoms with Crippen molar-refractivity contribution < 1.29 is 26.3 Å². The summed E-state index contributed by atoms with van der Waals surface area (Å²) in [5.74, 6) is 0. The normalized spacial score (nSPS) is 17.1. The van der Waals surface area contributed by atoms with E-state index in [4.69, 9.17) is 0 Å². The summed E-state index contributed by atoms with van der Waals surface area (Å²) in [5, 5.41) is 0. The zero-order valence-corrected chi connectivity index (χ0v) is 7.98. The Morgan fingerprint density at radius 3 is 1.50 bits per heavy atom. The third kappa shape index (κ3) is 5.54. The predicted molar refractivity (Wildman–Crippen MR) is 41.2 cm³/mol. The first-order chi connectivity index (χ1) is 5.46. The van der Waals surface area contributed by atoms with E-state index < -0.39 is 30.7 Å². The van der Waals surface area contributed by atoms with Crippen molar-refractivity contribution in [3.8, 4) is 0 Å². The van der Waals surface area contributed by atoms with Crippen molar-refractivity contribution in [2.75, 3.05) is 0 Å². The number of alkyl halides is 6. The van der Waals surface area contributed by atoms with E-state index in [9.17, 15) is 26.3 Å². The van der Waals surface area contributed by atoms with Gasteiger partial charge in [0.25, 0.3) is 0 Å². The molecule has 0 amide bonds. The lowest BCUT2D eigenvalue weighted by atomic mass is 9.96. The fourth-order valence-electron chi connectivity index (χ4n) is 0.543. The molecule has 0 bridgehead atoms. The quantitative estimate of drug-likeness (QED) is 0.744. The second-order valence-electron chi connectivity index (χ2n) is 3.03. The zero-order chi connectivity index (χ0) is 10.9. The van der Waals surface area contributed by atoms with Gasteiger partial charge in [0.2, 0.25) is 0 Å². The number of halogens is 7. The molecule has 1 unspecified atom stereocenters. The molecule has 1 nitrogen and oxygen atoms in total. The van der Waals surface area contributed by atoms with Gasteiger partial charge in [-0.3, -0.25) is 0 Å². The highest BCUT2D eigenvalue weighted by Crippen LogP contribution is 2.34. The topological polar surface area (TPSA) is 26.0 Å². The van der Waals surface area contributed by atoms with Gasteiger partial charge in [0.1, 0.15) is 5.54 Å². The molecule has 0 rings (SSSR count). The summed E-state index contributed by atoms with van der Waals surface area (Å²) >= 11 is 0. The molecule has 0 saturated carbocycles. The van der Waals surface area contributed by atoms with Gasteiger partial charge in [-0.05, 0) is 13.3 Å². The van der Waals surface area contributed by atoms with Gasteiger partial charge in [-0.2, -0.15) is 26.3 Å². The molecule has 8 heteroatoms. The van der Waals surface area contributed by atoms with Crippen molar-refractivity contribution in [3.05, 3.63) is 0 Å². The molecule has 0 radical (unpaired) electrons. The second kappa shape index (κ2) is 4.57. The van der Waals surface area contributed by atoms with E-state index in [0.717, 1.165) is 0 Å². The van der Waals surface area contributed by atoms with Crippen LogP contribution in [0, 0.1) is 0 Å². The molecule has 88 valence electrons. The summed E-state index contributed by atoms with van der Waals surface area (Å²) in [4.78, 5) is 0. The van der Waals surface area contributed by atoms with Crippen LogP contribution in [0.25, 0.3) is 0 Å². The highest BCUT2D eigenvalue weighted by atomic mass is 35.5. The first-order valence-corrected chi connectivity index (χ1v) is 3.38. The molecule has 0 aromatic heterocycles. The minimum atomic E-state index is -4.81. The zero-order valence-electron chi connectivity index (χ0n) is 7.17. The lowest BCUT2D eigenvalue weighted by Crippen LogP contribution is -2.51.